The van der Waals surface area contributed by atoms with Gasteiger partial charge in [-0.2, -0.15) is 0 Å². The number of carbonyl (C=O) groups excluding carboxylic acids is 2. The van der Waals surface area contributed by atoms with E-state index in [0.717, 1.165) is 32.1 Å². The Morgan fingerprint density at radius 2 is 2.00 bits per heavy atom. The average molecular weight is 243 g/mol. The zero-order chi connectivity index (χ0) is 12.2. The first-order valence-corrected chi connectivity index (χ1v) is 7.00. The van der Waals surface area contributed by atoms with Gasteiger partial charge in [-0.25, -0.2) is 0 Å². The van der Waals surface area contributed by atoms with Crippen molar-refractivity contribution >= 4 is 23.6 Å². The number of rotatable bonds is 5. The van der Waals surface area contributed by atoms with Crippen LogP contribution in [0.3, 0.4) is 0 Å². The summed E-state index contributed by atoms with van der Waals surface area (Å²) in [7, 11) is 0. The van der Waals surface area contributed by atoms with E-state index in [1.54, 1.807) is 11.8 Å². The van der Waals surface area contributed by atoms with Crippen LogP contribution in [0.25, 0.3) is 0 Å². The van der Waals surface area contributed by atoms with Gasteiger partial charge in [-0.15, -0.1) is 11.8 Å². The van der Waals surface area contributed by atoms with Crippen LogP contribution in [0.15, 0.2) is 0 Å². The van der Waals surface area contributed by atoms with Gasteiger partial charge in [-0.1, -0.05) is 33.6 Å². The third-order valence-corrected chi connectivity index (χ3v) is 5.15. The zero-order valence-corrected chi connectivity index (χ0v) is 11.2. The summed E-state index contributed by atoms with van der Waals surface area (Å²) >= 11 is 1.57. The zero-order valence-electron chi connectivity index (χ0n) is 10.3. The van der Waals surface area contributed by atoms with E-state index in [1.165, 1.54) is 0 Å². The van der Waals surface area contributed by atoms with E-state index in [4.69, 9.17) is 0 Å². The van der Waals surface area contributed by atoms with Crippen molar-refractivity contribution in [3.05, 3.63) is 0 Å². The van der Waals surface area contributed by atoms with Crippen molar-refractivity contribution in [3.8, 4) is 0 Å². The third kappa shape index (κ3) is 2.59. The summed E-state index contributed by atoms with van der Waals surface area (Å²) in [5.74, 6) is -0.193. The smallest absolute Gasteiger partial charge is 0.242 e. The average Bonchev–Trinajstić information content (AvgIpc) is 2.29. The van der Waals surface area contributed by atoms with Crippen molar-refractivity contribution < 1.29 is 9.59 Å². The van der Waals surface area contributed by atoms with E-state index < -0.39 is 0 Å². The first-order chi connectivity index (χ1) is 7.59. The lowest BCUT2D eigenvalue weighted by Gasteiger charge is -2.37. The summed E-state index contributed by atoms with van der Waals surface area (Å²) in [6.07, 6.45) is 4.59. The normalized spacial score (nSPS) is 30.3. The monoisotopic (exact) mass is 243 g/mol. The molecule has 0 saturated carbocycles. The van der Waals surface area contributed by atoms with Gasteiger partial charge in [0.15, 0.2) is 0 Å². The number of thioether (sulfide) groups is 1. The van der Waals surface area contributed by atoms with Gasteiger partial charge in [0.2, 0.25) is 11.8 Å². The standard InChI is InChI=1S/C12H21NO2S/c1-4-7-8-12(6-3)11(15)13-10(14)9(5-2)16-12/h9H,4-8H2,1-3H3,(H,13,14,15). The lowest BCUT2D eigenvalue weighted by Crippen LogP contribution is -2.55. The highest BCUT2D eigenvalue weighted by Gasteiger charge is 2.45. The van der Waals surface area contributed by atoms with Crippen molar-refractivity contribution in [1.82, 2.24) is 5.32 Å². The van der Waals surface area contributed by atoms with E-state index >= 15 is 0 Å². The Morgan fingerprint density at radius 1 is 1.31 bits per heavy atom. The first kappa shape index (κ1) is 13.6. The molecule has 0 bridgehead atoms. The van der Waals surface area contributed by atoms with Crippen LogP contribution in [-0.4, -0.2) is 21.8 Å². The lowest BCUT2D eigenvalue weighted by atomic mass is 9.96. The maximum atomic E-state index is 12.0. The van der Waals surface area contributed by atoms with E-state index in [-0.39, 0.29) is 21.8 Å². The largest absolute Gasteiger partial charge is 0.294 e. The fourth-order valence-electron chi connectivity index (χ4n) is 2.01. The molecule has 2 amide bonds. The number of imide groups is 1. The molecule has 92 valence electrons. The fraction of sp³-hybridized carbons (Fsp3) is 0.833. The number of hydrogen-bond donors (Lipinski definition) is 1. The summed E-state index contributed by atoms with van der Waals surface area (Å²) < 4.78 is -0.370. The Hall–Kier alpha value is -0.510. The highest BCUT2D eigenvalue weighted by atomic mass is 32.2. The summed E-state index contributed by atoms with van der Waals surface area (Å²) in [5, 5.41) is 2.47. The Labute approximate surface area is 102 Å². The number of nitrogens with one attached hydrogen (secondary N) is 1. The molecule has 0 spiro atoms. The molecule has 1 fully saturated rings. The molecule has 0 aromatic heterocycles. The van der Waals surface area contributed by atoms with Crippen LogP contribution < -0.4 is 5.32 Å². The molecule has 3 nitrogen and oxygen atoms in total. The first-order valence-electron chi connectivity index (χ1n) is 6.12. The molecule has 0 aromatic rings. The topological polar surface area (TPSA) is 46.2 Å². The highest BCUT2D eigenvalue weighted by molar-refractivity contribution is 8.02. The molecule has 2 atom stereocenters. The van der Waals surface area contributed by atoms with Crippen LogP contribution in [0.4, 0.5) is 0 Å². The molecule has 0 aromatic carbocycles. The molecule has 0 aliphatic carbocycles. The van der Waals surface area contributed by atoms with E-state index in [1.807, 2.05) is 13.8 Å². The minimum Gasteiger partial charge on any atom is -0.294 e. The summed E-state index contributed by atoms with van der Waals surface area (Å²) in [4.78, 5) is 23.5. The minimum atomic E-state index is -0.370. The molecule has 1 saturated heterocycles. The third-order valence-electron chi connectivity index (χ3n) is 3.19. The molecular formula is C12H21NO2S. The SMILES string of the molecule is CCCCC1(CC)SC(CC)C(=O)NC1=O. The molecule has 1 aliphatic rings. The molecule has 4 heteroatoms. The fourth-order valence-corrected chi connectivity index (χ4v) is 3.47. The van der Waals surface area contributed by atoms with Gasteiger partial charge in [-0.3, -0.25) is 14.9 Å². The van der Waals surface area contributed by atoms with Gasteiger partial charge in [0.1, 0.15) is 0 Å². The molecule has 16 heavy (non-hydrogen) atoms. The summed E-state index contributed by atoms with van der Waals surface area (Å²) in [5.41, 5.74) is 0. The Bertz CT molecular complexity index is 280. The Morgan fingerprint density at radius 3 is 2.50 bits per heavy atom. The number of hydrogen-bond acceptors (Lipinski definition) is 3. The molecule has 0 radical (unpaired) electrons. The lowest BCUT2D eigenvalue weighted by molar-refractivity contribution is -0.132. The highest BCUT2D eigenvalue weighted by Crippen LogP contribution is 2.41. The van der Waals surface area contributed by atoms with E-state index in [0.29, 0.717) is 0 Å². The van der Waals surface area contributed by atoms with Gasteiger partial charge in [-0.05, 0) is 19.3 Å². The van der Waals surface area contributed by atoms with Crippen molar-refractivity contribution in [3.63, 3.8) is 0 Å². The van der Waals surface area contributed by atoms with Crippen molar-refractivity contribution in [2.75, 3.05) is 0 Å². The van der Waals surface area contributed by atoms with Gasteiger partial charge >= 0.3 is 0 Å². The second-order valence-corrected chi connectivity index (χ2v) is 5.87. The predicted molar refractivity (Wildman–Crippen MR) is 67.4 cm³/mol. The number of amides is 2. The molecule has 1 heterocycles. The van der Waals surface area contributed by atoms with Crippen LogP contribution in [-0.2, 0) is 9.59 Å². The van der Waals surface area contributed by atoms with Crippen LogP contribution in [0, 0.1) is 0 Å². The molecule has 1 N–H and O–H groups in total. The molecule has 1 rings (SSSR count). The number of unbranched alkanes of at least 4 members (excludes halogenated alkanes) is 1. The van der Waals surface area contributed by atoms with Gasteiger partial charge in [0.25, 0.3) is 0 Å². The van der Waals surface area contributed by atoms with Gasteiger partial charge in [0.05, 0.1) is 10.00 Å². The predicted octanol–water partition coefficient (Wildman–Crippen LogP) is 2.49. The van der Waals surface area contributed by atoms with Gasteiger partial charge < -0.3 is 0 Å². The molecule has 1 aliphatic heterocycles. The Kier molecular flexibility index (Phi) is 4.84. The van der Waals surface area contributed by atoms with Crippen LogP contribution in [0.2, 0.25) is 0 Å². The molecule has 2 unspecified atom stereocenters. The summed E-state index contributed by atoms with van der Waals surface area (Å²) in [6, 6.07) is 0. The van der Waals surface area contributed by atoms with Gasteiger partial charge in [0, 0.05) is 0 Å². The summed E-state index contributed by atoms with van der Waals surface area (Å²) in [6.45, 7) is 6.15. The van der Waals surface area contributed by atoms with Crippen LogP contribution in [0.1, 0.15) is 52.9 Å². The van der Waals surface area contributed by atoms with Crippen molar-refractivity contribution in [2.24, 2.45) is 0 Å². The molecular weight excluding hydrogens is 222 g/mol. The Balaban J connectivity index is 2.81. The number of carbonyl (C=O) groups is 2. The minimum absolute atomic E-state index is 0.0606. The second kappa shape index (κ2) is 5.71. The van der Waals surface area contributed by atoms with E-state index in [9.17, 15) is 9.59 Å². The maximum Gasteiger partial charge on any atom is 0.242 e. The quantitative estimate of drug-likeness (QED) is 0.755. The van der Waals surface area contributed by atoms with Crippen molar-refractivity contribution in [1.29, 1.82) is 0 Å². The van der Waals surface area contributed by atoms with Crippen LogP contribution in [0.5, 0.6) is 0 Å². The second-order valence-electron chi connectivity index (χ2n) is 4.28. The van der Waals surface area contributed by atoms with Crippen molar-refractivity contribution in [2.45, 2.75) is 62.9 Å². The van der Waals surface area contributed by atoms with Crippen LogP contribution >= 0.6 is 11.8 Å². The maximum absolute atomic E-state index is 12.0. The van der Waals surface area contributed by atoms with E-state index in [2.05, 4.69) is 12.2 Å².